The van der Waals surface area contributed by atoms with Gasteiger partial charge in [-0.05, 0) is 18.6 Å². The SMILES string of the molecule is CNC(=O)CCC(C=O)N1Cc2c(NCC(=O)O)cccc2C1=O. The van der Waals surface area contributed by atoms with Crippen LogP contribution in [0.1, 0.15) is 28.8 Å². The molecule has 0 fully saturated rings. The molecular formula is C16H19N3O5. The summed E-state index contributed by atoms with van der Waals surface area (Å²) < 4.78 is 0. The smallest absolute Gasteiger partial charge is 0.322 e. The van der Waals surface area contributed by atoms with Crippen LogP contribution in [-0.2, 0) is 20.9 Å². The van der Waals surface area contributed by atoms with Crippen LogP contribution in [0.5, 0.6) is 0 Å². The highest BCUT2D eigenvalue weighted by atomic mass is 16.4. The van der Waals surface area contributed by atoms with Crippen molar-refractivity contribution in [2.75, 3.05) is 18.9 Å². The minimum absolute atomic E-state index is 0.143. The molecule has 2 amide bonds. The maximum Gasteiger partial charge on any atom is 0.322 e. The van der Waals surface area contributed by atoms with Crippen LogP contribution in [0.15, 0.2) is 18.2 Å². The third kappa shape index (κ3) is 3.70. The number of amides is 2. The van der Waals surface area contributed by atoms with E-state index in [2.05, 4.69) is 10.6 Å². The highest BCUT2D eigenvalue weighted by molar-refractivity contribution is 6.01. The molecule has 1 atom stereocenters. The van der Waals surface area contributed by atoms with Gasteiger partial charge in [0.25, 0.3) is 5.91 Å². The molecule has 0 bridgehead atoms. The molecule has 1 unspecified atom stereocenters. The van der Waals surface area contributed by atoms with E-state index in [1.807, 2.05) is 0 Å². The predicted octanol–water partition coefficient (Wildman–Crippen LogP) is 0.233. The molecule has 3 N–H and O–H groups in total. The number of hydrogen-bond acceptors (Lipinski definition) is 5. The highest BCUT2D eigenvalue weighted by Gasteiger charge is 2.34. The van der Waals surface area contributed by atoms with Crippen molar-refractivity contribution in [1.29, 1.82) is 0 Å². The van der Waals surface area contributed by atoms with Crippen molar-refractivity contribution in [2.24, 2.45) is 0 Å². The summed E-state index contributed by atoms with van der Waals surface area (Å²) in [4.78, 5) is 47.4. The second-order valence-corrected chi connectivity index (χ2v) is 5.43. The largest absolute Gasteiger partial charge is 0.480 e. The molecule has 0 spiro atoms. The third-order valence-electron chi connectivity index (χ3n) is 3.93. The van der Waals surface area contributed by atoms with E-state index < -0.39 is 12.0 Å². The first kappa shape index (κ1) is 17.5. The van der Waals surface area contributed by atoms with E-state index in [-0.39, 0.29) is 37.7 Å². The average molecular weight is 333 g/mol. The normalized spacial score (nSPS) is 14.0. The number of aliphatic carboxylic acids is 1. The van der Waals surface area contributed by atoms with Crippen LogP contribution in [0.3, 0.4) is 0 Å². The number of carbonyl (C=O) groups is 4. The molecule has 24 heavy (non-hydrogen) atoms. The van der Waals surface area contributed by atoms with Crippen LogP contribution in [0, 0.1) is 0 Å². The van der Waals surface area contributed by atoms with Gasteiger partial charge in [0, 0.05) is 36.8 Å². The maximum absolute atomic E-state index is 12.5. The fourth-order valence-corrected chi connectivity index (χ4v) is 2.66. The summed E-state index contributed by atoms with van der Waals surface area (Å²) in [6, 6.07) is 4.29. The Hall–Kier alpha value is -2.90. The zero-order chi connectivity index (χ0) is 17.7. The van der Waals surface area contributed by atoms with Gasteiger partial charge in [0.1, 0.15) is 12.8 Å². The van der Waals surface area contributed by atoms with Crippen molar-refractivity contribution in [2.45, 2.75) is 25.4 Å². The molecule has 1 heterocycles. The van der Waals surface area contributed by atoms with Crippen molar-refractivity contribution in [3.63, 3.8) is 0 Å². The lowest BCUT2D eigenvalue weighted by Gasteiger charge is -2.22. The molecule has 128 valence electrons. The minimum atomic E-state index is -1.01. The Morgan fingerprint density at radius 3 is 2.79 bits per heavy atom. The van der Waals surface area contributed by atoms with Crippen molar-refractivity contribution in [3.05, 3.63) is 29.3 Å². The molecular weight excluding hydrogens is 314 g/mol. The van der Waals surface area contributed by atoms with Gasteiger partial charge in [-0.25, -0.2) is 0 Å². The third-order valence-corrected chi connectivity index (χ3v) is 3.93. The Balaban J connectivity index is 2.16. The summed E-state index contributed by atoms with van der Waals surface area (Å²) in [6.45, 7) is -0.0630. The van der Waals surface area contributed by atoms with Gasteiger partial charge in [-0.3, -0.25) is 14.4 Å². The van der Waals surface area contributed by atoms with Gasteiger partial charge in [-0.1, -0.05) is 6.07 Å². The summed E-state index contributed by atoms with van der Waals surface area (Å²) >= 11 is 0. The maximum atomic E-state index is 12.5. The Labute approximate surface area is 138 Å². The summed E-state index contributed by atoms with van der Waals surface area (Å²) in [5.74, 6) is -1.50. The van der Waals surface area contributed by atoms with Gasteiger partial charge in [-0.2, -0.15) is 0 Å². The summed E-state index contributed by atoms with van der Waals surface area (Å²) in [5.41, 5.74) is 1.66. The van der Waals surface area contributed by atoms with Gasteiger partial charge >= 0.3 is 5.97 Å². The second kappa shape index (κ2) is 7.58. The monoisotopic (exact) mass is 333 g/mol. The summed E-state index contributed by atoms with van der Waals surface area (Å²) in [7, 11) is 1.51. The molecule has 2 rings (SSSR count). The number of carboxylic acids is 1. The Morgan fingerprint density at radius 1 is 1.42 bits per heavy atom. The van der Waals surface area contributed by atoms with Crippen molar-refractivity contribution >= 4 is 29.8 Å². The van der Waals surface area contributed by atoms with E-state index in [9.17, 15) is 19.2 Å². The van der Waals surface area contributed by atoms with Crippen LogP contribution in [0.2, 0.25) is 0 Å². The van der Waals surface area contributed by atoms with E-state index in [1.165, 1.54) is 11.9 Å². The number of nitrogens with one attached hydrogen (secondary N) is 2. The molecule has 0 aliphatic carbocycles. The quantitative estimate of drug-likeness (QED) is 0.587. The van der Waals surface area contributed by atoms with E-state index in [1.54, 1.807) is 18.2 Å². The fraction of sp³-hybridized carbons (Fsp3) is 0.375. The number of anilines is 1. The van der Waals surface area contributed by atoms with E-state index in [0.29, 0.717) is 23.1 Å². The molecule has 1 aliphatic rings. The molecule has 1 aliphatic heterocycles. The molecule has 1 aromatic carbocycles. The van der Waals surface area contributed by atoms with Crippen LogP contribution in [0.25, 0.3) is 0 Å². The number of benzene rings is 1. The van der Waals surface area contributed by atoms with Gasteiger partial charge in [-0.15, -0.1) is 0 Å². The minimum Gasteiger partial charge on any atom is -0.480 e. The van der Waals surface area contributed by atoms with Crippen LogP contribution in [0.4, 0.5) is 5.69 Å². The van der Waals surface area contributed by atoms with Crippen LogP contribution < -0.4 is 10.6 Å². The molecule has 0 aromatic heterocycles. The van der Waals surface area contributed by atoms with Gasteiger partial charge < -0.3 is 25.4 Å². The van der Waals surface area contributed by atoms with Gasteiger partial charge in [0.05, 0.1) is 6.04 Å². The van der Waals surface area contributed by atoms with Crippen molar-refractivity contribution in [3.8, 4) is 0 Å². The van der Waals surface area contributed by atoms with Crippen molar-refractivity contribution < 1.29 is 24.3 Å². The lowest BCUT2D eigenvalue weighted by molar-refractivity contribution is -0.135. The number of nitrogens with zero attached hydrogens (tertiary/aromatic N) is 1. The summed E-state index contributed by atoms with van der Waals surface area (Å²) in [5, 5.41) is 14.0. The number of rotatable bonds is 8. The Bertz CT molecular complexity index is 674. The van der Waals surface area contributed by atoms with Crippen molar-refractivity contribution in [1.82, 2.24) is 10.2 Å². The molecule has 0 saturated heterocycles. The zero-order valence-corrected chi connectivity index (χ0v) is 13.2. The highest BCUT2D eigenvalue weighted by Crippen LogP contribution is 2.31. The first-order valence-electron chi connectivity index (χ1n) is 7.52. The Kier molecular flexibility index (Phi) is 5.51. The number of aldehydes is 1. The van der Waals surface area contributed by atoms with E-state index in [4.69, 9.17) is 5.11 Å². The lowest BCUT2D eigenvalue weighted by Crippen LogP contribution is -2.37. The van der Waals surface area contributed by atoms with Crippen LogP contribution in [-0.4, -0.2) is 53.7 Å². The predicted molar refractivity (Wildman–Crippen MR) is 85.6 cm³/mol. The van der Waals surface area contributed by atoms with Gasteiger partial charge in [0.2, 0.25) is 5.91 Å². The molecule has 8 heteroatoms. The van der Waals surface area contributed by atoms with Gasteiger partial charge in [0.15, 0.2) is 0 Å². The van der Waals surface area contributed by atoms with E-state index >= 15 is 0 Å². The molecule has 0 saturated carbocycles. The average Bonchev–Trinajstić information content (AvgIpc) is 2.91. The number of carbonyl (C=O) groups excluding carboxylic acids is 3. The molecule has 8 nitrogen and oxygen atoms in total. The first-order chi connectivity index (χ1) is 11.5. The van der Waals surface area contributed by atoms with Crippen LogP contribution >= 0.6 is 0 Å². The fourth-order valence-electron chi connectivity index (χ4n) is 2.66. The number of hydrogen-bond donors (Lipinski definition) is 3. The number of carboxylic acid groups (broad SMARTS) is 1. The standard InChI is InChI=1S/C16H19N3O5/c1-17-14(21)6-5-10(9-20)19-8-12-11(16(19)24)3-2-4-13(12)18-7-15(22)23/h2-4,9-10,18H,5-8H2,1H3,(H,17,21)(H,22,23). The Morgan fingerprint density at radius 2 is 2.17 bits per heavy atom. The first-order valence-corrected chi connectivity index (χ1v) is 7.52. The lowest BCUT2D eigenvalue weighted by atomic mass is 10.1. The molecule has 1 aromatic rings. The molecule has 0 radical (unpaired) electrons. The van der Waals surface area contributed by atoms with E-state index in [0.717, 1.165) is 0 Å². The topological polar surface area (TPSA) is 116 Å². The zero-order valence-electron chi connectivity index (χ0n) is 13.2. The summed E-state index contributed by atoms with van der Waals surface area (Å²) in [6.07, 6.45) is 1.04. The second-order valence-electron chi connectivity index (χ2n) is 5.43. The number of fused-ring (bicyclic) bond motifs is 1.